The third-order valence-electron chi connectivity index (χ3n) is 2.62. The summed E-state index contributed by atoms with van der Waals surface area (Å²) in [6, 6.07) is 1.16. The Bertz CT molecular complexity index is 505. The van der Waals surface area contributed by atoms with E-state index in [1.165, 1.54) is 17.1 Å². The lowest BCUT2D eigenvalue weighted by Crippen LogP contribution is -2.13. The molecule has 2 aromatic rings. The number of halogens is 1. The summed E-state index contributed by atoms with van der Waals surface area (Å²) in [4.78, 5) is 9.42. The average molecular weight is 251 g/mol. The lowest BCUT2D eigenvalue weighted by atomic mass is 10.1. The summed E-state index contributed by atoms with van der Waals surface area (Å²) in [6.45, 7) is 4.01. The SMILES string of the molecule is Cc1nc(CC(N)c2cncc(F)c2)sc1C. The minimum absolute atomic E-state index is 0.261. The highest BCUT2D eigenvalue weighted by Gasteiger charge is 2.12. The molecule has 2 aromatic heterocycles. The van der Waals surface area contributed by atoms with Gasteiger partial charge in [0.1, 0.15) is 5.82 Å². The summed E-state index contributed by atoms with van der Waals surface area (Å²) in [5, 5.41) is 0.983. The Labute approximate surface area is 104 Å². The van der Waals surface area contributed by atoms with Gasteiger partial charge in [-0.25, -0.2) is 9.37 Å². The first-order valence-electron chi connectivity index (χ1n) is 5.35. The molecule has 0 aliphatic carbocycles. The van der Waals surface area contributed by atoms with E-state index in [0.29, 0.717) is 12.0 Å². The molecule has 5 heteroatoms. The molecule has 0 fully saturated rings. The predicted molar refractivity (Wildman–Crippen MR) is 66.4 cm³/mol. The fourth-order valence-electron chi connectivity index (χ4n) is 1.56. The van der Waals surface area contributed by atoms with E-state index in [2.05, 4.69) is 9.97 Å². The molecule has 0 amide bonds. The van der Waals surface area contributed by atoms with Gasteiger partial charge in [0.05, 0.1) is 16.9 Å². The zero-order chi connectivity index (χ0) is 12.4. The van der Waals surface area contributed by atoms with Gasteiger partial charge in [0.25, 0.3) is 0 Å². The summed E-state index contributed by atoms with van der Waals surface area (Å²) < 4.78 is 13.0. The molecule has 2 heterocycles. The van der Waals surface area contributed by atoms with Gasteiger partial charge in [0.2, 0.25) is 0 Å². The largest absolute Gasteiger partial charge is 0.324 e. The number of aromatic nitrogens is 2. The lowest BCUT2D eigenvalue weighted by Gasteiger charge is -2.09. The van der Waals surface area contributed by atoms with Crippen molar-refractivity contribution in [1.29, 1.82) is 0 Å². The molecule has 2 rings (SSSR count). The average Bonchev–Trinajstić information content (AvgIpc) is 2.58. The van der Waals surface area contributed by atoms with Gasteiger partial charge in [-0.05, 0) is 25.5 Å². The van der Waals surface area contributed by atoms with Gasteiger partial charge in [-0.2, -0.15) is 0 Å². The van der Waals surface area contributed by atoms with Crippen molar-refractivity contribution < 1.29 is 4.39 Å². The van der Waals surface area contributed by atoms with Crippen molar-refractivity contribution in [3.05, 3.63) is 45.4 Å². The van der Waals surface area contributed by atoms with Gasteiger partial charge in [0.15, 0.2) is 0 Å². The topological polar surface area (TPSA) is 51.8 Å². The number of pyridine rings is 1. The molecule has 0 aliphatic rings. The standard InChI is InChI=1S/C12H14FN3S/c1-7-8(2)17-12(16-7)4-11(14)9-3-10(13)6-15-5-9/h3,5-6,11H,4,14H2,1-2H3. The van der Waals surface area contributed by atoms with Crippen LogP contribution in [0.4, 0.5) is 4.39 Å². The minimum atomic E-state index is -0.357. The Hall–Kier alpha value is -1.33. The highest BCUT2D eigenvalue weighted by molar-refractivity contribution is 7.11. The first kappa shape index (κ1) is 12.1. The molecule has 0 radical (unpaired) electrons. The fourth-order valence-corrected chi connectivity index (χ4v) is 2.56. The number of rotatable bonds is 3. The molecule has 0 bridgehead atoms. The quantitative estimate of drug-likeness (QED) is 0.912. The second-order valence-electron chi connectivity index (χ2n) is 4.00. The number of hydrogen-bond donors (Lipinski definition) is 1. The Morgan fingerprint density at radius 2 is 2.18 bits per heavy atom. The molecule has 90 valence electrons. The number of aryl methyl sites for hydroxylation is 2. The van der Waals surface area contributed by atoms with Crippen molar-refractivity contribution in [2.24, 2.45) is 5.73 Å². The van der Waals surface area contributed by atoms with E-state index < -0.39 is 0 Å². The maximum Gasteiger partial charge on any atom is 0.141 e. The molecule has 3 nitrogen and oxygen atoms in total. The van der Waals surface area contributed by atoms with Gasteiger partial charge in [-0.15, -0.1) is 11.3 Å². The van der Waals surface area contributed by atoms with Crippen LogP contribution in [0.25, 0.3) is 0 Å². The van der Waals surface area contributed by atoms with E-state index in [1.807, 2.05) is 13.8 Å². The monoisotopic (exact) mass is 251 g/mol. The third-order valence-corrected chi connectivity index (χ3v) is 3.72. The molecular weight excluding hydrogens is 237 g/mol. The van der Waals surface area contributed by atoms with Crippen molar-refractivity contribution >= 4 is 11.3 Å². The second kappa shape index (κ2) is 4.89. The molecule has 0 spiro atoms. The normalized spacial score (nSPS) is 12.7. The maximum atomic E-state index is 13.0. The highest BCUT2D eigenvalue weighted by Crippen LogP contribution is 2.22. The number of nitrogens with two attached hydrogens (primary N) is 1. The zero-order valence-electron chi connectivity index (χ0n) is 9.77. The smallest absolute Gasteiger partial charge is 0.141 e. The summed E-state index contributed by atoms with van der Waals surface area (Å²) in [5.74, 6) is -0.357. The highest BCUT2D eigenvalue weighted by atomic mass is 32.1. The molecule has 0 aromatic carbocycles. The van der Waals surface area contributed by atoms with Crippen LogP contribution in [0, 0.1) is 19.7 Å². The summed E-state index contributed by atoms with van der Waals surface area (Å²) in [6.07, 6.45) is 3.39. The van der Waals surface area contributed by atoms with Gasteiger partial charge in [-0.3, -0.25) is 4.98 Å². The molecule has 0 aliphatic heterocycles. The van der Waals surface area contributed by atoms with Gasteiger partial charge in [-0.1, -0.05) is 0 Å². The first-order chi connectivity index (χ1) is 8.06. The molecule has 17 heavy (non-hydrogen) atoms. The van der Waals surface area contributed by atoms with E-state index in [-0.39, 0.29) is 11.9 Å². The van der Waals surface area contributed by atoms with Crippen LogP contribution < -0.4 is 5.73 Å². The van der Waals surface area contributed by atoms with Crippen LogP contribution in [-0.4, -0.2) is 9.97 Å². The Balaban J connectivity index is 2.14. The number of thiazole rings is 1. The van der Waals surface area contributed by atoms with Gasteiger partial charge in [0, 0.05) is 23.5 Å². The van der Waals surface area contributed by atoms with Crippen molar-refractivity contribution in [3.8, 4) is 0 Å². The van der Waals surface area contributed by atoms with E-state index in [1.54, 1.807) is 17.5 Å². The number of nitrogens with zero attached hydrogens (tertiary/aromatic N) is 2. The van der Waals surface area contributed by atoms with Crippen LogP contribution in [0.1, 0.15) is 27.2 Å². The van der Waals surface area contributed by atoms with Crippen molar-refractivity contribution in [2.45, 2.75) is 26.3 Å². The Morgan fingerprint density at radius 1 is 1.41 bits per heavy atom. The molecule has 0 saturated heterocycles. The van der Waals surface area contributed by atoms with Crippen molar-refractivity contribution in [2.75, 3.05) is 0 Å². The summed E-state index contributed by atoms with van der Waals surface area (Å²) in [7, 11) is 0. The fraction of sp³-hybridized carbons (Fsp3) is 0.333. The van der Waals surface area contributed by atoms with Crippen molar-refractivity contribution in [3.63, 3.8) is 0 Å². The summed E-state index contributed by atoms with van der Waals surface area (Å²) in [5.41, 5.74) is 7.76. The first-order valence-corrected chi connectivity index (χ1v) is 6.17. The van der Waals surface area contributed by atoms with Crippen LogP contribution in [0.15, 0.2) is 18.5 Å². The van der Waals surface area contributed by atoms with Crippen LogP contribution in [0.5, 0.6) is 0 Å². The van der Waals surface area contributed by atoms with Crippen LogP contribution in [-0.2, 0) is 6.42 Å². The predicted octanol–water partition coefficient (Wildman–Crippen LogP) is 2.54. The van der Waals surface area contributed by atoms with Gasteiger partial charge < -0.3 is 5.73 Å². The molecule has 0 saturated carbocycles. The van der Waals surface area contributed by atoms with Crippen molar-refractivity contribution in [1.82, 2.24) is 9.97 Å². The van der Waals surface area contributed by atoms with E-state index in [9.17, 15) is 4.39 Å². The zero-order valence-corrected chi connectivity index (χ0v) is 10.6. The minimum Gasteiger partial charge on any atom is -0.324 e. The van der Waals surface area contributed by atoms with Crippen LogP contribution in [0.2, 0.25) is 0 Å². The molecule has 1 unspecified atom stereocenters. The number of hydrogen-bond acceptors (Lipinski definition) is 4. The Kier molecular flexibility index (Phi) is 3.49. The van der Waals surface area contributed by atoms with E-state index >= 15 is 0 Å². The maximum absolute atomic E-state index is 13.0. The van der Waals surface area contributed by atoms with Crippen LogP contribution >= 0.6 is 11.3 Å². The molecule has 2 N–H and O–H groups in total. The second-order valence-corrected chi connectivity index (χ2v) is 5.28. The van der Waals surface area contributed by atoms with E-state index in [4.69, 9.17) is 5.73 Å². The summed E-state index contributed by atoms with van der Waals surface area (Å²) >= 11 is 1.64. The van der Waals surface area contributed by atoms with Gasteiger partial charge >= 0.3 is 0 Å². The Morgan fingerprint density at radius 3 is 2.76 bits per heavy atom. The molecule has 1 atom stereocenters. The lowest BCUT2D eigenvalue weighted by molar-refractivity contribution is 0.610. The molecular formula is C12H14FN3S. The third kappa shape index (κ3) is 2.87. The van der Waals surface area contributed by atoms with Crippen LogP contribution in [0.3, 0.4) is 0 Å². The van der Waals surface area contributed by atoms with E-state index in [0.717, 1.165) is 10.7 Å².